The fourth-order valence-corrected chi connectivity index (χ4v) is 4.31. The van der Waals surface area contributed by atoms with E-state index >= 15 is 0 Å². The van der Waals surface area contributed by atoms with E-state index in [1.165, 1.54) is 4.90 Å². The highest BCUT2D eigenvalue weighted by molar-refractivity contribution is 6.51. The summed E-state index contributed by atoms with van der Waals surface area (Å²) >= 11 is 0. The molecule has 0 bridgehead atoms. The van der Waals surface area contributed by atoms with Gasteiger partial charge in [0.15, 0.2) is 5.82 Å². The molecular formula is C28H25N5O4. The molecule has 1 aliphatic rings. The number of nitrogens with zero attached hydrogens (tertiary/aromatic N) is 5. The van der Waals surface area contributed by atoms with Crippen molar-refractivity contribution in [1.82, 2.24) is 20.4 Å². The van der Waals surface area contributed by atoms with E-state index in [0.29, 0.717) is 40.1 Å². The molecule has 1 aliphatic heterocycles. The van der Waals surface area contributed by atoms with Crippen molar-refractivity contribution in [2.75, 3.05) is 4.90 Å². The summed E-state index contributed by atoms with van der Waals surface area (Å²) in [4.78, 5) is 27.9. The van der Waals surface area contributed by atoms with E-state index in [1.54, 1.807) is 62.4 Å². The third-order valence-electron chi connectivity index (χ3n) is 6.33. The SMILES string of the molecule is Cc1ccc(N2C(=O)C(=O)/C(=C(\O)c3ccc(C(C)C)cc3)C2c2ccc(-c3nnc(C)o3)cc2)nn1. The summed E-state index contributed by atoms with van der Waals surface area (Å²) in [6, 6.07) is 16.8. The van der Waals surface area contributed by atoms with Crippen molar-refractivity contribution in [2.45, 2.75) is 39.7 Å². The Morgan fingerprint density at radius 3 is 2.16 bits per heavy atom. The van der Waals surface area contributed by atoms with Crippen LogP contribution in [0.4, 0.5) is 5.82 Å². The normalized spacial score (nSPS) is 17.1. The van der Waals surface area contributed by atoms with E-state index in [1.807, 2.05) is 12.1 Å². The van der Waals surface area contributed by atoms with Crippen molar-refractivity contribution in [1.29, 1.82) is 0 Å². The minimum atomic E-state index is -0.916. The highest BCUT2D eigenvalue weighted by Gasteiger charge is 2.47. The quantitative estimate of drug-likeness (QED) is 0.236. The number of Topliss-reactive ketones (excluding diaryl/α,β-unsaturated/α-hetero) is 1. The maximum atomic E-state index is 13.3. The Kier molecular flexibility index (Phi) is 6.12. The van der Waals surface area contributed by atoms with Crippen molar-refractivity contribution in [2.24, 2.45) is 0 Å². The van der Waals surface area contributed by atoms with Gasteiger partial charge < -0.3 is 9.52 Å². The van der Waals surface area contributed by atoms with E-state index in [-0.39, 0.29) is 17.2 Å². The lowest BCUT2D eigenvalue weighted by atomic mass is 9.93. The van der Waals surface area contributed by atoms with Crippen molar-refractivity contribution < 1.29 is 19.1 Å². The first-order chi connectivity index (χ1) is 17.7. The molecule has 5 rings (SSSR count). The molecule has 2 aromatic heterocycles. The number of carbonyl (C=O) groups excluding carboxylic acids is 2. The number of aliphatic hydroxyl groups excluding tert-OH is 1. The van der Waals surface area contributed by atoms with Crippen molar-refractivity contribution in [3.05, 3.63) is 94.5 Å². The molecule has 9 nitrogen and oxygen atoms in total. The van der Waals surface area contributed by atoms with Crippen LogP contribution in [0.3, 0.4) is 0 Å². The van der Waals surface area contributed by atoms with Gasteiger partial charge in [-0.1, -0.05) is 50.2 Å². The van der Waals surface area contributed by atoms with Gasteiger partial charge in [-0.15, -0.1) is 15.3 Å². The number of rotatable bonds is 5. The monoisotopic (exact) mass is 495 g/mol. The van der Waals surface area contributed by atoms with Crippen molar-refractivity contribution in [3.8, 4) is 11.5 Å². The molecule has 1 amide bonds. The third kappa shape index (κ3) is 4.40. The zero-order valence-corrected chi connectivity index (χ0v) is 20.8. The highest BCUT2D eigenvalue weighted by Crippen LogP contribution is 2.42. The van der Waals surface area contributed by atoms with Crippen LogP contribution in [0.1, 0.15) is 54.1 Å². The molecule has 37 heavy (non-hydrogen) atoms. The second kappa shape index (κ2) is 9.42. The number of benzene rings is 2. The molecule has 9 heteroatoms. The molecule has 2 aromatic carbocycles. The second-order valence-electron chi connectivity index (χ2n) is 9.23. The number of carbonyl (C=O) groups is 2. The summed E-state index contributed by atoms with van der Waals surface area (Å²) in [6.45, 7) is 7.63. The van der Waals surface area contributed by atoms with Gasteiger partial charge >= 0.3 is 5.91 Å². The summed E-state index contributed by atoms with van der Waals surface area (Å²) in [5.41, 5.74) is 3.46. The standard InChI is InChI=1S/C28H25N5O4/c1-15(2)18-6-10-20(11-7-18)25(34)23-24(19-8-12-21(13-9-19)27-32-30-17(4)37-27)33(28(36)26(23)35)22-14-5-16(3)29-31-22/h5-15,24,34H,1-4H3/b25-23-. The first-order valence-electron chi connectivity index (χ1n) is 11.9. The Hall–Kier alpha value is -4.66. The van der Waals surface area contributed by atoms with Crippen LogP contribution >= 0.6 is 0 Å². The number of aryl methyl sites for hydroxylation is 2. The van der Waals surface area contributed by atoms with Gasteiger partial charge in [0.25, 0.3) is 5.78 Å². The molecule has 1 N–H and O–H groups in total. The fourth-order valence-electron chi connectivity index (χ4n) is 4.31. The molecule has 1 fully saturated rings. The molecular weight excluding hydrogens is 470 g/mol. The predicted molar refractivity (Wildman–Crippen MR) is 137 cm³/mol. The number of aliphatic hydroxyl groups is 1. The first kappa shape index (κ1) is 24.1. The van der Waals surface area contributed by atoms with Crippen molar-refractivity contribution >= 4 is 23.3 Å². The number of hydrogen-bond donors (Lipinski definition) is 1. The second-order valence-corrected chi connectivity index (χ2v) is 9.23. The molecule has 4 aromatic rings. The van der Waals surface area contributed by atoms with Crippen LogP contribution in [-0.4, -0.2) is 37.2 Å². The summed E-state index contributed by atoms with van der Waals surface area (Å²) in [7, 11) is 0. The average molecular weight is 496 g/mol. The fraction of sp³-hybridized carbons (Fsp3) is 0.214. The van der Waals surface area contributed by atoms with Crippen LogP contribution in [0, 0.1) is 13.8 Å². The van der Waals surface area contributed by atoms with E-state index in [4.69, 9.17) is 4.42 Å². The van der Waals surface area contributed by atoms with Gasteiger partial charge in [0, 0.05) is 18.1 Å². The van der Waals surface area contributed by atoms with Gasteiger partial charge in [-0.2, -0.15) is 5.10 Å². The molecule has 0 saturated carbocycles. The van der Waals surface area contributed by atoms with Gasteiger partial charge in [-0.25, -0.2) is 0 Å². The van der Waals surface area contributed by atoms with E-state index < -0.39 is 17.7 Å². The minimum absolute atomic E-state index is 0.0222. The Bertz CT molecular complexity index is 1500. The maximum absolute atomic E-state index is 13.3. The topological polar surface area (TPSA) is 122 Å². The molecule has 1 unspecified atom stereocenters. The largest absolute Gasteiger partial charge is 0.507 e. The van der Waals surface area contributed by atoms with E-state index in [2.05, 4.69) is 34.2 Å². The summed E-state index contributed by atoms with van der Waals surface area (Å²) in [6.07, 6.45) is 0. The van der Waals surface area contributed by atoms with Gasteiger partial charge in [-0.3, -0.25) is 14.5 Å². The van der Waals surface area contributed by atoms with Crippen LogP contribution < -0.4 is 4.90 Å². The van der Waals surface area contributed by atoms with E-state index in [0.717, 1.165) is 5.56 Å². The molecule has 0 spiro atoms. The number of aromatic nitrogens is 4. The molecule has 0 radical (unpaired) electrons. The van der Waals surface area contributed by atoms with Crippen LogP contribution in [0.5, 0.6) is 0 Å². The average Bonchev–Trinajstić information content (AvgIpc) is 3.45. The van der Waals surface area contributed by atoms with Crippen LogP contribution in [0.15, 0.2) is 70.7 Å². The number of anilines is 1. The Morgan fingerprint density at radius 1 is 0.892 bits per heavy atom. The van der Waals surface area contributed by atoms with Gasteiger partial charge in [0.1, 0.15) is 5.76 Å². The molecule has 1 atom stereocenters. The summed E-state index contributed by atoms with van der Waals surface area (Å²) < 4.78 is 5.51. The minimum Gasteiger partial charge on any atom is -0.507 e. The molecule has 3 heterocycles. The van der Waals surface area contributed by atoms with Gasteiger partial charge in [0.05, 0.1) is 17.3 Å². The highest BCUT2D eigenvalue weighted by atomic mass is 16.4. The summed E-state index contributed by atoms with van der Waals surface area (Å²) in [5, 5.41) is 27.4. The Balaban J connectivity index is 1.64. The van der Waals surface area contributed by atoms with E-state index in [9.17, 15) is 14.7 Å². The lowest BCUT2D eigenvalue weighted by molar-refractivity contribution is -0.132. The van der Waals surface area contributed by atoms with Crippen LogP contribution in [-0.2, 0) is 9.59 Å². The zero-order chi connectivity index (χ0) is 26.3. The summed E-state index contributed by atoms with van der Waals surface area (Å²) in [5.74, 6) is -0.527. The van der Waals surface area contributed by atoms with Crippen LogP contribution in [0.25, 0.3) is 17.2 Å². The van der Waals surface area contributed by atoms with Crippen LogP contribution in [0.2, 0.25) is 0 Å². The lowest BCUT2D eigenvalue weighted by Crippen LogP contribution is -2.30. The molecule has 186 valence electrons. The Morgan fingerprint density at radius 2 is 1.59 bits per heavy atom. The van der Waals surface area contributed by atoms with Gasteiger partial charge in [0.2, 0.25) is 11.8 Å². The third-order valence-corrected chi connectivity index (χ3v) is 6.33. The number of hydrogen-bond acceptors (Lipinski definition) is 8. The maximum Gasteiger partial charge on any atom is 0.301 e. The predicted octanol–water partition coefficient (Wildman–Crippen LogP) is 4.89. The first-order valence-corrected chi connectivity index (χ1v) is 11.9. The zero-order valence-electron chi connectivity index (χ0n) is 20.8. The van der Waals surface area contributed by atoms with Crippen molar-refractivity contribution in [3.63, 3.8) is 0 Å². The smallest absolute Gasteiger partial charge is 0.301 e. The lowest BCUT2D eigenvalue weighted by Gasteiger charge is -2.24. The Labute approximate surface area is 213 Å². The molecule has 0 aliphatic carbocycles. The number of amides is 1. The number of ketones is 1. The molecule has 1 saturated heterocycles. The van der Waals surface area contributed by atoms with Gasteiger partial charge in [-0.05, 0) is 48.2 Å².